The second-order valence-corrected chi connectivity index (χ2v) is 11.6. The molecule has 1 N–H and O–H groups in total. The van der Waals surface area contributed by atoms with Gasteiger partial charge in [0.1, 0.15) is 11.4 Å². The lowest BCUT2D eigenvalue weighted by Crippen LogP contribution is -2.43. The molecule has 1 fully saturated rings. The Morgan fingerprint density at radius 2 is 1.71 bits per heavy atom. The normalized spacial score (nSPS) is 15.0. The maximum Gasteiger partial charge on any atom is 0.410 e. The summed E-state index contributed by atoms with van der Waals surface area (Å²) in [6, 6.07) is 17.5. The summed E-state index contributed by atoms with van der Waals surface area (Å²) in [6.45, 7) is 8.50. The summed E-state index contributed by atoms with van der Waals surface area (Å²) in [5.74, 6) is 0.0503. The van der Waals surface area contributed by atoms with Crippen LogP contribution in [0.25, 0.3) is 22.5 Å². The van der Waals surface area contributed by atoms with Crippen LogP contribution < -0.4 is 10.9 Å². The zero-order chi connectivity index (χ0) is 30.0. The van der Waals surface area contributed by atoms with Crippen LogP contribution in [0.2, 0.25) is 0 Å². The minimum atomic E-state index is -0.577. The SMILES string of the molecule is CC(Nc1nccc(-c2c(-c3ccc(F)cc3)c(=O)n(C3CCN(C(=O)OC(C)(C)C)CC3)n2C)n1)c1ccccc1. The molecular weight excluding hydrogens is 535 g/mol. The third-order valence-electron chi connectivity index (χ3n) is 7.44. The molecule has 42 heavy (non-hydrogen) atoms. The van der Waals surface area contributed by atoms with Crippen molar-refractivity contribution in [3.63, 3.8) is 0 Å². The van der Waals surface area contributed by atoms with Crippen LogP contribution >= 0.6 is 0 Å². The van der Waals surface area contributed by atoms with Gasteiger partial charge in [0.2, 0.25) is 5.95 Å². The first kappa shape index (κ1) is 29.0. The van der Waals surface area contributed by atoms with Crippen LogP contribution in [0.1, 0.15) is 58.2 Å². The van der Waals surface area contributed by atoms with Gasteiger partial charge in [0.25, 0.3) is 5.56 Å². The van der Waals surface area contributed by atoms with Crippen LogP contribution in [-0.2, 0) is 11.8 Å². The number of nitrogens with zero attached hydrogens (tertiary/aromatic N) is 5. The smallest absolute Gasteiger partial charge is 0.410 e. The first-order valence-corrected chi connectivity index (χ1v) is 14.2. The molecule has 1 aliphatic rings. The number of piperidine rings is 1. The number of benzene rings is 2. The summed E-state index contributed by atoms with van der Waals surface area (Å²) in [5.41, 5.74) is 2.54. The zero-order valence-electron chi connectivity index (χ0n) is 24.7. The van der Waals surface area contributed by atoms with Gasteiger partial charge in [-0.25, -0.2) is 23.8 Å². The highest BCUT2D eigenvalue weighted by Crippen LogP contribution is 2.33. The van der Waals surface area contributed by atoms with Crippen molar-refractivity contribution < 1.29 is 13.9 Å². The van der Waals surface area contributed by atoms with Crippen LogP contribution in [-0.4, -0.2) is 49.0 Å². The largest absolute Gasteiger partial charge is 0.444 e. The summed E-state index contributed by atoms with van der Waals surface area (Å²) in [7, 11) is 1.84. The van der Waals surface area contributed by atoms with E-state index in [0.717, 1.165) is 5.56 Å². The van der Waals surface area contributed by atoms with Gasteiger partial charge in [-0.05, 0) is 69.9 Å². The first-order chi connectivity index (χ1) is 20.0. The summed E-state index contributed by atoms with van der Waals surface area (Å²) in [4.78, 5) is 37.6. The topological polar surface area (TPSA) is 94.3 Å². The number of amides is 1. The third-order valence-corrected chi connectivity index (χ3v) is 7.44. The van der Waals surface area contributed by atoms with Crippen molar-refractivity contribution in [3.8, 4) is 22.5 Å². The molecule has 5 rings (SSSR count). The quantitative estimate of drug-likeness (QED) is 0.296. The van der Waals surface area contributed by atoms with Gasteiger partial charge in [0, 0.05) is 26.3 Å². The number of aromatic nitrogens is 4. The van der Waals surface area contributed by atoms with Gasteiger partial charge in [-0.15, -0.1) is 0 Å². The van der Waals surface area contributed by atoms with Crippen molar-refractivity contribution >= 4 is 12.0 Å². The fourth-order valence-corrected chi connectivity index (χ4v) is 5.40. The maximum atomic E-state index is 14.1. The minimum Gasteiger partial charge on any atom is -0.444 e. The molecule has 1 amide bonds. The molecule has 2 aromatic heterocycles. The molecule has 1 unspecified atom stereocenters. The molecule has 0 bridgehead atoms. The second kappa shape index (κ2) is 11.8. The van der Waals surface area contributed by atoms with Crippen LogP contribution in [0.4, 0.5) is 15.1 Å². The fourth-order valence-electron chi connectivity index (χ4n) is 5.40. The lowest BCUT2D eigenvalue weighted by molar-refractivity contribution is 0.0180. The summed E-state index contributed by atoms with van der Waals surface area (Å²) < 4.78 is 23.0. The van der Waals surface area contributed by atoms with Crippen molar-refractivity contribution in [1.29, 1.82) is 0 Å². The summed E-state index contributed by atoms with van der Waals surface area (Å²) in [5, 5.41) is 3.36. The number of ether oxygens (including phenoxy) is 1. The number of anilines is 1. The van der Waals surface area contributed by atoms with Crippen LogP contribution in [0, 0.1) is 5.82 Å². The standard InChI is InChI=1S/C32H37FN6O3/c1-21(22-9-7-6-8-10-22)35-30-34-18-15-26(36-30)28-27(23-11-13-24(33)14-12-23)29(40)39(37(28)5)25-16-19-38(20-17-25)31(41)42-32(2,3)4/h6-15,18,21,25H,16-17,19-20H2,1-5H3,(H,34,35,36). The van der Waals surface area contributed by atoms with E-state index in [1.165, 1.54) is 12.1 Å². The molecule has 1 atom stereocenters. The molecule has 0 radical (unpaired) electrons. The van der Waals surface area contributed by atoms with E-state index in [2.05, 4.69) is 10.3 Å². The van der Waals surface area contributed by atoms with E-state index in [1.807, 2.05) is 69.8 Å². The van der Waals surface area contributed by atoms with E-state index >= 15 is 0 Å². The summed E-state index contributed by atoms with van der Waals surface area (Å²) in [6.07, 6.45) is 2.49. The van der Waals surface area contributed by atoms with E-state index in [4.69, 9.17) is 9.72 Å². The van der Waals surface area contributed by atoms with Crippen LogP contribution in [0.15, 0.2) is 71.7 Å². The highest BCUT2D eigenvalue weighted by Gasteiger charge is 2.31. The van der Waals surface area contributed by atoms with Crippen molar-refractivity contribution in [2.24, 2.45) is 7.05 Å². The van der Waals surface area contributed by atoms with Gasteiger partial charge in [-0.3, -0.25) is 9.48 Å². The second-order valence-electron chi connectivity index (χ2n) is 11.6. The van der Waals surface area contributed by atoms with Gasteiger partial charge >= 0.3 is 6.09 Å². The van der Waals surface area contributed by atoms with Crippen molar-refractivity contribution in [3.05, 3.63) is 88.6 Å². The molecule has 1 aliphatic heterocycles. The van der Waals surface area contributed by atoms with Crippen molar-refractivity contribution in [2.45, 2.75) is 58.2 Å². The lowest BCUT2D eigenvalue weighted by Gasteiger charge is -2.34. The molecule has 4 aromatic rings. The molecule has 0 saturated carbocycles. The highest BCUT2D eigenvalue weighted by atomic mass is 19.1. The Morgan fingerprint density at radius 1 is 1.05 bits per heavy atom. The minimum absolute atomic E-state index is 0.0402. The number of nitrogens with one attached hydrogen (secondary N) is 1. The van der Waals surface area contributed by atoms with Gasteiger partial charge in [0.05, 0.1) is 29.0 Å². The molecule has 3 heterocycles. The number of rotatable bonds is 6. The predicted octanol–water partition coefficient (Wildman–Crippen LogP) is 6.20. The van der Waals surface area contributed by atoms with Gasteiger partial charge in [-0.1, -0.05) is 42.5 Å². The Bertz CT molecular complexity index is 1600. The average Bonchev–Trinajstić information content (AvgIpc) is 3.22. The Balaban J connectivity index is 1.50. The number of carbonyl (C=O) groups is 1. The van der Waals surface area contributed by atoms with E-state index in [1.54, 1.807) is 34.0 Å². The van der Waals surface area contributed by atoms with E-state index in [-0.39, 0.29) is 29.6 Å². The molecule has 220 valence electrons. The Morgan fingerprint density at radius 3 is 2.36 bits per heavy atom. The molecular formula is C32H37FN6O3. The zero-order valence-corrected chi connectivity index (χ0v) is 24.7. The first-order valence-electron chi connectivity index (χ1n) is 14.2. The number of carbonyl (C=O) groups excluding carboxylic acids is 1. The highest BCUT2D eigenvalue weighted by molar-refractivity contribution is 5.79. The number of hydrogen-bond acceptors (Lipinski definition) is 6. The van der Waals surface area contributed by atoms with Gasteiger partial charge in [-0.2, -0.15) is 0 Å². The fraction of sp³-hybridized carbons (Fsp3) is 0.375. The molecule has 10 heteroatoms. The molecule has 2 aromatic carbocycles. The monoisotopic (exact) mass is 572 g/mol. The number of hydrogen-bond donors (Lipinski definition) is 1. The molecule has 0 aliphatic carbocycles. The van der Waals surface area contributed by atoms with Crippen molar-refractivity contribution in [1.82, 2.24) is 24.2 Å². The predicted molar refractivity (Wildman–Crippen MR) is 161 cm³/mol. The lowest BCUT2D eigenvalue weighted by atomic mass is 10.0. The van der Waals surface area contributed by atoms with Crippen molar-refractivity contribution in [2.75, 3.05) is 18.4 Å². The Hall–Kier alpha value is -4.47. The molecule has 9 nitrogen and oxygen atoms in total. The number of halogens is 1. The Labute approximate surface area is 245 Å². The van der Waals surface area contributed by atoms with Gasteiger partial charge in [0.15, 0.2) is 0 Å². The summed E-state index contributed by atoms with van der Waals surface area (Å²) >= 11 is 0. The van der Waals surface area contributed by atoms with Gasteiger partial charge < -0.3 is 15.0 Å². The van der Waals surface area contributed by atoms with E-state index < -0.39 is 5.60 Å². The number of likely N-dealkylation sites (tertiary alicyclic amines) is 1. The van der Waals surface area contributed by atoms with E-state index in [9.17, 15) is 14.0 Å². The molecule has 1 saturated heterocycles. The maximum absolute atomic E-state index is 14.1. The van der Waals surface area contributed by atoms with Crippen LogP contribution in [0.5, 0.6) is 0 Å². The average molecular weight is 573 g/mol. The van der Waals surface area contributed by atoms with E-state index in [0.29, 0.717) is 54.4 Å². The molecule has 0 spiro atoms. The third kappa shape index (κ3) is 6.22. The van der Waals surface area contributed by atoms with Crippen LogP contribution in [0.3, 0.4) is 0 Å². The Kier molecular flexibility index (Phi) is 8.15.